The van der Waals surface area contributed by atoms with E-state index in [0.29, 0.717) is 27.4 Å². The van der Waals surface area contributed by atoms with Crippen LogP contribution in [0.3, 0.4) is 0 Å². The third-order valence-corrected chi connectivity index (χ3v) is 8.70. The van der Waals surface area contributed by atoms with Crippen LogP contribution in [0, 0.1) is 17.0 Å². The molecule has 0 saturated heterocycles. The summed E-state index contributed by atoms with van der Waals surface area (Å²) in [5.41, 5.74) is 3.46. The SMILES string of the molecule is Cc1cc([N+](=O)[O-])ccc1NC(=O)C(Sc1cccc(NC(=O)/C(=C/c2ccsc2)NC(=O)c2ccccc2)c1)c1ccccc1. The van der Waals surface area contributed by atoms with E-state index in [9.17, 15) is 24.5 Å². The molecule has 11 heteroatoms. The van der Waals surface area contributed by atoms with Gasteiger partial charge in [0.1, 0.15) is 10.9 Å². The van der Waals surface area contributed by atoms with Crippen molar-refractivity contribution in [2.75, 3.05) is 10.6 Å². The van der Waals surface area contributed by atoms with E-state index in [0.717, 1.165) is 11.1 Å². The predicted octanol–water partition coefficient (Wildman–Crippen LogP) is 7.85. The molecule has 0 fully saturated rings. The minimum absolute atomic E-state index is 0.0590. The molecule has 0 radical (unpaired) electrons. The van der Waals surface area contributed by atoms with Gasteiger partial charge in [-0.05, 0) is 82.9 Å². The number of thiophene rings is 1. The van der Waals surface area contributed by atoms with Gasteiger partial charge in [-0.3, -0.25) is 24.5 Å². The highest BCUT2D eigenvalue weighted by Gasteiger charge is 2.24. The molecule has 0 bridgehead atoms. The molecule has 0 spiro atoms. The van der Waals surface area contributed by atoms with E-state index in [1.165, 1.54) is 41.3 Å². The molecule has 1 aromatic heterocycles. The van der Waals surface area contributed by atoms with Gasteiger partial charge in [-0.1, -0.05) is 54.6 Å². The standard InChI is InChI=1S/C35H28N4O5S2/c1-23-19-28(39(43)44)15-16-30(23)37-35(42)32(25-9-4-2-5-10-25)46-29-14-8-13-27(21-29)36-34(41)31(20-24-17-18-45-22-24)38-33(40)26-11-6-3-7-12-26/h2-22,32H,1H3,(H,36,41)(H,37,42)(H,38,40)/b31-20-. The lowest BCUT2D eigenvalue weighted by Crippen LogP contribution is -2.30. The number of amides is 3. The lowest BCUT2D eigenvalue weighted by molar-refractivity contribution is -0.384. The molecular formula is C35H28N4O5S2. The van der Waals surface area contributed by atoms with Gasteiger partial charge in [-0.15, -0.1) is 11.8 Å². The first kappa shape index (κ1) is 31.9. The van der Waals surface area contributed by atoms with Crippen molar-refractivity contribution in [1.29, 1.82) is 0 Å². The summed E-state index contributed by atoms with van der Waals surface area (Å²) in [4.78, 5) is 51.4. The molecule has 0 saturated carbocycles. The first-order chi connectivity index (χ1) is 22.3. The van der Waals surface area contributed by atoms with Gasteiger partial charge in [-0.25, -0.2) is 0 Å². The number of aryl methyl sites for hydroxylation is 1. The smallest absolute Gasteiger partial charge is 0.272 e. The molecule has 3 N–H and O–H groups in total. The summed E-state index contributed by atoms with van der Waals surface area (Å²) < 4.78 is 0. The van der Waals surface area contributed by atoms with Crippen molar-refractivity contribution < 1.29 is 19.3 Å². The van der Waals surface area contributed by atoms with E-state index >= 15 is 0 Å². The Balaban J connectivity index is 1.36. The Bertz CT molecular complexity index is 1900. The van der Waals surface area contributed by atoms with E-state index in [1.807, 2.05) is 53.2 Å². The number of carbonyl (C=O) groups is 3. The summed E-state index contributed by atoms with van der Waals surface area (Å²) in [6.07, 6.45) is 1.61. The molecule has 1 heterocycles. The summed E-state index contributed by atoms with van der Waals surface area (Å²) in [6.45, 7) is 1.70. The molecular weight excluding hydrogens is 621 g/mol. The van der Waals surface area contributed by atoms with E-state index in [4.69, 9.17) is 0 Å². The van der Waals surface area contributed by atoms with Crippen molar-refractivity contribution in [2.45, 2.75) is 17.1 Å². The Hall–Kier alpha value is -5.52. The van der Waals surface area contributed by atoms with Crippen LogP contribution in [-0.2, 0) is 9.59 Å². The highest BCUT2D eigenvalue weighted by Crippen LogP contribution is 2.37. The third kappa shape index (κ3) is 8.35. The first-order valence-corrected chi connectivity index (χ1v) is 15.9. The highest BCUT2D eigenvalue weighted by atomic mass is 32.2. The largest absolute Gasteiger partial charge is 0.325 e. The molecule has 46 heavy (non-hydrogen) atoms. The van der Waals surface area contributed by atoms with Crippen LogP contribution in [0.15, 0.2) is 131 Å². The van der Waals surface area contributed by atoms with E-state index in [2.05, 4.69) is 16.0 Å². The number of carbonyl (C=O) groups excluding carboxylic acids is 3. The molecule has 5 aromatic rings. The van der Waals surface area contributed by atoms with Gasteiger partial charge in [0, 0.05) is 34.0 Å². The molecule has 1 atom stereocenters. The Morgan fingerprint density at radius 2 is 1.61 bits per heavy atom. The monoisotopic (exact) mass is 648 g/mol. The Kier molecular flexibility index (Phi) is 10.4. The average molecular weight is 649 g/mol. The summed E-state index contributed by atoms with van der Waals surface area (Å²) in [7, 11) is 0. The number of hydrogen-bond donors (Lipinski definition) is 3. The summed E-state index contributed by atoms with van der Waals surface area (Å²) in [6, 6.07) is 31.1. The van der Waals surface area contributed by atoms with Gasteiger partial charge in [-0.2, -0.15) is 11.3 Å². The Morgan fingerprint density at radius 1 is 0.870 bits per heavy atom. The molecule has 5 rings (SSSR count). The van der Waals surface area contributed by atoms with E-state index in [1.54, 1.807) is 61.5 Å². The number of benzene rings is 4. The number of nitrogens with zero attached hydrogens (tertiary/aromatic N) is 1. The molecule has 0 aliphatic rings. The molecule has 230 valence electrons. The van der Waals surface area contributed by atoms with Crippen LogP contribution < -0.4 is 16.0 Å². The zero-order chi connectivity index (χ0) is 32.5. The molecule has 3 amide bonds. The summed E-state index contributed by atoms with van der Waals surface area (Å²) in [5.74, 6) is -1.24. The minimum atomic E-state index is -0.680. The molecule has 1 unspecified atom stereocenters. The fourth-order valence-corrected chi connectivity index (χ4v) is 6.15. The lowest BCUT2D eigenvalue weighted by atomic mass is 10.1. The van der Waals surface area contributed by atoms with Crippen LogP contribution in [0.2, 0.25) is 0 Å². The second kappa shape index (κ2) is 15.0. The number of nitro groups is 1. The molecule has 0 aliphatic carbocycles. The number of nitro benzene ring substituents is 1. The van der Waals surface area contributed by atoms with Crippen molar-refractivity contribution in [3.05, 3.63) is 158 Å². The first-order valence-electron chi connectivity index (χ1n) is 14.1. The lowest BCUT2D eigenvalue weighted by Gasteiger charge is -2.18. The number of thioether (sulfide) groups is 1. The van der Waals surface area contributed by atoms with Crippen molar-refractivity contribution in [3.8, 4) is 0 Å². The normalized spacial score (nSPS) is 11.7. The number of anilines is 2. The maximum Gasteiger partial charge on any atom is 0.272 e. The molecule has 4 aromatic carbocycles. The number of nitrogens with one attached hydrogen (secondary N) is 3. The van der Waals surface area contributed by atoms with Crippen molar-refractivity contribution >= 4 is 64.0 Å². The van der Waals surface area contributed by atoms with Crippen LogP contribution in [-0.4, -0.2) is 22.6 Å². The van der Waals surface area contributed by atoms with Crippen molar-refractivity contribution in [3.63, 3.8) is 0 Å². The fraction of sp³-hybridized carbons (Fsp3) is 0.0571. The number of rotatable bonds is 11. The Labute approximate surface area is 273 Å². The highest BCUT2D eigenvalue weighted by molar-refractivity contribution is 8.00. The van der Waals surface area contributed by atoms with Crippen molar-refractivity contribution in [2.24, 2.45) is 0 Å². The van der Waals surface area contributed by atoms with Gasteiger partial charge in [0.25, 0.3) is 17.5 Å². The average Bonchev–Trinajstić information content (AvgIpc) is 3.58. The van der Waals surface area contributed by atoms with Crippen LogP contribution >= 0.6 is 23.1 Å². The number of hydrogen-bond acceptors (Lipinski definition) is 7. The van der Waals surface area contributed by atoms with Crippen molar-refractivity contribution in [1.82, 2.24) is 5.32 Å². The topological polar surface area (TPSA) is 130 Å². The van der Waals surface area contributed by atoms with E-state index in [-0.39, 0.29) is 17.3 Å². The minimum Gasteiger partial charge on any atom is -0.325 e. The molecule has 0 aliphatic heterocycles. The quantitative estimate of drug-likeness (QED) is 0.0579. The maximum atomic E-state index is 13.6. The van der Waals surface area contributed by atoms with Gasteiger partial charge in [0.05, 0.1) is 4.92 Å². The third-order valence-electron chi connectivity index (χ3n) is 6.75. The zero-order valence-corrected chi connectivity index (χ0v) is 26.1. The molecule has 9 nitrogen and oxygen atoms in total. The van der Waals surface area contributed by atoms with Gasteiger partial charge < -0.3 is 16.0 Å². The van der Waals surface area contributed by atoms with Crippen LogP contribution in [0.25, 0.3) is 6.08 Å². The summed E-state index contributed by atoms with van der Waals surface area (Å²) >= 11 is 2.76. The van der Waals surface area contributed by atoms with Gasteiger partial charge in [0.2, 0.25) is 5.91 Å². The second-order valence-corrected chi connectivity index (χ2v) is 12.0. The van der Waals surface area contributed by atoms with Crippen LogP contribution in [0.4, 0.5) is 17.1 Å². The van der Waals surface area contributed by atoms with Crippen LogP contribution in [0.5, 0.6) is 0 Å². The summed E-state index contributed by atoms with van der Waals surface area (Å²) in [5, 5.41) is 22.7. The van der Waals surface area contributed by atoms with E-state index < -0.39 is 22.0 Å². The fourth-order valence-electron chi connectivity index (χ4n) is 4.45. The van der Waals surface area contributed by atoms with Crippen LogP contribution in [0.1, 0.15) is 32.3 Å². The predicted molar refractivity (Wildman–Crippen MR) is 183 cm³/mol. The Morgan fingerprint density at radius 3 is 2.28 bits per heavy atom. The zero-order valence-electron chi connectivity index (χ0n) is 24.5. The van der Waals surface area contributed by atoms with Gasteiger partial charge in [0.15, 0.2) is 0 Å². The number of non-ortho nitro benzene ring substituents is 1. The maximum absolute atomic E-state index is 13.6. The van der Waals surface area contributed by atoms with Gasteiger partial charge >= 0.3 is 0 Å². The second-order valence-electron chi connectivity index (χ2n) is 10.1.